The average Bonchev–Trinajstić information content (AvgIpc) is 2.55. The Morgan fingerprint density at radius 3 is 2.40 bits per heavy atom. The monoisotopic (exact) mass is 339 g/mol. The van der Waals surface area contributed by atoms with E-state index in [4.69, 9.17) is 4.74 Å². The number of carbonyl (C=O) groups excluding carboxylic acids is 1. The molecule has 2 rings (SSSR count). The first kappa shape index (κ1) is 19.0. The van der Waals surface area contributed by atoms with Crippen molar-refractivity contribution >= 4 is 11.6 Å². The summed E-state index contributed by atoms with van der Waals surface area (Å²) >= 11 is 0. The van der Waals surface area contributed by atoms with Gasteiger partial charge in [-0.2, -0.15) is 0 Å². The topological polar surface area (TPSA) is 38.3 Å². The molecule has 0 aliphatic rings. The van der Waals surface area contributed by atoms with Crippen LogP contribution in [0.1, 0.15) is 54.9 Å². The van der Waals surface area contributed by atoms with E-state index in [1.165, 1.54) is 22.3 Å². The van der Waals surface area contributed by atoms with Gasteiger partial charge in [-0.05, 0) is 79.6 Å². The molecule has 134 valence electrons. The summed E-state index contributed by atoms with van der Waals surface area (Å²) in [7, 11) is 0. The molecule has 25 heavy (non-hydrogen) atoms. The molecule has 0 heterocycles. The van der Waals surface area contributed by atoms with Gasteiger partial charge >= 0.3 is 0 Å². The molecule has 0 fully saturated rings. The van der Waals surface area contributed by atoms with Gasteiger partial charge in [0.1, 0.15) is 5.75 Å². The normalized spacial score (nSPS) is 10.8. The van der Waals surface area contributed by atoms with Gasteiger partial charge in [-0.15, -0.1) is 0 Å². The van der Waals surface area contributed by atoms with E-state index in [9.17, 15) is 4.79 Å². The van der Waals surface area contributed by atoms with Crippen molar-refractivity contribution < 1.29 is 9.53 Å². The molecule has 0 radical (unpaired) electrons. The molecule has 0 atom stereocenters. The molecule has 0 saturated heterocycles. The van der Waals surface area contributed by atoms with Crippen molar-refractivity contribution in [3.05, 3.63) is 58.7 Å². The highest BCUT2D eigenvalue weighted by Gasteiger charge is 2.06. The maximum atomic E-state index is 12.0. The molecule has 2 aromatic rings. The fourth-order valence-corrected chi connectivity index (χ4v) is 2.85. The van der Waals surface area contributed by atoms with E-state index in [-0.39, 0.29) is 5.91 Å². The first-order chi connectivity index (χ1) is 11.9. The van der Waals surface area contributed by atoms with Gasteiger partial charge in [0, 0.05) is 12.1 Å². The van der Waals surface area contributed by atoms with Gasteiger partial charge < -0.3 is 10.1 Å². The second-order valence-corrected chi connectivity index (χ2v) is 6.97. The van der Waals surface area contributed by atoms with E-state index in [1.807, 2.05) is 31.2 Å². The number of hydrogen-bond acceptors (Lipinski definition) is 2. The zero-order valence-corrected chi connectivity index (χ0v) is 16.0. The Kier molecular flexibility index (Phi) is 6.63. The predicted octanol–water partition coefficient (Wildman–Crippen LogP) is 5.53. The fourth-order valence-electron chi connectivity index (χ4n) is 2.85. The van der Waals surface area contributed by atoms with Gasteiger partial charge in [0.05, 0.1) is 6.61 Å². The Balaban J connectivity index is 1.76. The lowest BCUT2D eigenvalue weighted by Gasteiger charge is -2.12. The zero-order valence-electron chi connectivity index (χ0n) is 16.0. The van der Waals surface area contributed by atoms with Crippen LogP contribution in [0.4, 0.5) is 5.69 Å². The minimum Gasteiger partial charge on any atom is -0.494 e. The number of amides is 1. The van der Waals surface area contributed by atoms with Gasteiger partial charge in [0.2, 0.25) is 5.91 Å². The molecule has 0 bridgehead atoms. The minimum atomic E-state index is 0.0261. The van der Waals surface area contributed by atoms with E-state index >= 15 is 0 Å². The average molecular weight is 339 g/mol. The summed E-state index contributed by atoms with van der Waals surface area (Å²) in [6.45, 7) is 11.1. The summed E-state index contributed by atoms with van der Waals surface area (Å²) in [5, 5.41) is 2.94. The fraction of sp³-hybridized carbons (Fsp3) is 0.409. The van der Waals surface area contributed by atoms with Crippen LogP contribution in [0.25, 0.3) is 0 Å². The second-order valence-electron chi connectivity index (χ2n) is 6.97. The van der Waals surface area contributed by atoms with Gasteiger partial charge in [-0.1, -0.05) is 26.0 Å². The number of hydrogen-bond donors (Lipinski definition) is 1. The molecule has 0 aromatic heterocycles. The van der Waals surface area contributed by atoms with Crippen LogP contribution in [0.3, 0.4) is 0 Å². The molecule has 1 amide bonds. The van der Waals surface area contributed by atoms with E-state index in [0.29, 0.717) is 25.4 Å². The highest BCUT2D eigenvalue weighted by Crippen LogP contribution is 2.23. The number of nitrogens with one attached hydrogen (secondary N) is 1. The zero-order chi connectivity index (χ0) is 18.4. The molecule has 0 spiro atoms. The lowest BCUT2D eigenvalue weighted by molar-refractivity contribution is -0.116. The Morgan fingerprint density at radius 2 is 1.76 bits per heavy atom. The van der Waals surface area contributed by atoms with Crippen molar-refractivity contribution in [3.8, 4) is 5.75 Å². The third-order valence-corrected chi connectivity index (χ3v) is 4.47. The van der Waals surface area contributed by atoms with Gasteiger partial charge in [-0.3, -0.25) is 4.79 Å². The third kappa shape index (κ3) is 5.63. The molecular weight excluding hydrogens is 310 g/mol. The van der Waals surface area contributed by atoms with Crippen molar-refractivity contribution in [1.29, 1.82) is 0 Å². The Morgan fingerprint density at radius 1 is 1.00 bits per heavy atom. The molecule has 3 heteroatoms. The highest BCUT2D eigenvalue weighted by molar-refractivity contribution is 5.90. The summed E-state index contributed by atoms with van der Waals surface area (Å²) in [5.41, 5.74) is 5.86. The summed E-state index contributed by atoms with van der Waals surface area (Å²) in [4.78, 5) is 12.0. The minimum absolute atomic E-state index is 0.0261. The van der Waals surface area contributed by atoms with Crippen LogP contribution in [0.5, 0.6) is 5.75 Å². The predicted molar refractivity (Wildman–Crippen MR) is 105 cm³/mol. The molecule has 0 aliphatic heterocycles. The van der Waals surface area contributed by atoms with Crippen LogP contribution in [0, 0.1) is 20.8 Å². The van der Waals surface area contributed by atoms with Crippen molar-refractivity contribution in [2.45, 2.75) is 53.4 Å². The molecule has 1 N–H and O–H groups in total. The Bertz CT molecular complexity index is 735. The van der Waals surface area contributed by atoms with Gasteiger partial charge in [-0.25, -0.2) is 0 Å². The first-order valence-electron chi connectivity index (χ1n) is 8.97. The van der Waals surface area contributed by atoms with E-state index in [0.717, 1.165) is 11.4 Å². The molecular formula is C22H29NO2. The quantitative estimate of drug-likeness (QED) is 0.673. The number of carbonyl (C=O) groups is 1. The van der Waals surface area contributed by atoms with Crippen LogP contribution >= 0.6 is 0 Å². The van der Waals surface area contributed by atoms with Crippen LogP contribution in [-0.2, 0) is 4.79 Å². The van der Waals surface area contributed by atoms with E-state index in [2.05, 4.69) is 45.1 Å². The van der Waals surface area contributed by atoms with Crippen molar-refractivity contribution in [2.75, 3.05) is 11.9 Å². The number of benzene rings is 2. The lowest BCUT2D eigenvalue weighted by atomic mass is 9.98. The van der Waals surface area contributed by atoms with Crippen LogP contribution in [0.15, 0.2) is 36.4 Å². The van der Waals surface area contributed by atoms with Crippen molar-refractivity contribution in [3.63, 3.8) is 0 Å². The summed E-state index contributed by atoms with van der Waals surface area (Å²) in [5.74, 6) is 1.41. The second kappa shape index (κ2) is 8.70. The maximum absolute atomic E-state index is 12.0. The largest absolute Gasteiger partial charge is 0.494 e. The molecule has 3 nitrogen and oxygen atoms in total. The van der Waals surface area contributed by atoms with E-state index in [1.54, 1.807) is 0 Å². The summed E-state index contributed by atoms with van der Waals surface area (Å²) < 4.78 is 5.78. The molecule has 0 saturated carbocycles. The number of aryl methyl sites for hydroxylation is 3. The highest BCUT2D eigenvalue weighted by atomic mass is 16.5. The van der Waals surface area contributed by atoms with Crippen molar-refractivity contribution in [2.24, 2.45) is 0 Å². The molecule has 0 aliphatic carbocycles. The first-order valence-corrected chi connectivity index (χ1v) is 8.97. The smallest absolute Gasteiger partial charge is 0.224 e. The van der Waals surface area contributed by atoms with Crippen LogP contribution in [0.2, 0.25) is 0 Å². The van der Waals surface area contributed by atoms with Crippen LogP contribution in [-0.4, -0.2) is 12.5 Å². The number of rotatable bonds is 7. The van der Waals surface area contributed by atoms with Gasteiger partial charge in [0.25, 0.3) is 0 Å². The number of ether oxygens (including phenoxy) is 1. The molecule has 0 unspecified atom stereocenters. The lowest BCUT2D eigenvalue weighted by Crippen LogP contribution is -2.13. The summed E-state index contributed by atoms with van der Waals surface area (Å²) in [6.07, 6.45) is 1.15. The van der Waals surface area contributed by atoms with Crippen molar-refractivity contribution in [1.82, 2.24) is 0 Å². The standard InChI is InChI=1S/C22H29NO2/c1-15(2)21-11-10-20(14-18(21)5)25-12-6-7-22(24)23-19-9-8-16(3)17(4)13-19/h8-11,13-15H,6-7,12H2,1-5H3,(H,23,24). The molecule has 2 aromatic carbocycles. The SMILES string of the molecule is Cc1ccc(NC(=O)CCCOc2ccc(C(C)C)c(C)c2)cc1C. The Hall–Kier alpha value is -2.29. The maximum Gasteiger partial charge on any atom is 0.224 e. The van der Waals surface area contributed by atoms with Gasteiger partial charge in [0.15, 0.2) is 0 Å². The van der Waals surface area contributed by atoms with E-state index < -0.39 is 0 Å². The number of anilines is 1. The third-order valence-electron chi connectivity index (χ3n) is 4.47. The Labute approximate surface area is 151 Å². The van der Waals surface area contributed by atoms with Crippen LogP contribution < -0.4 is 10.1 Å². The summed E-state index contributed by atoms with van der Waals surface area (Å²) in [6, 6.07) is 12.2.